The molecule has 0 aromatic heterocycles. The lowest BCUT2D eigenvalue weighted by atomic mass is 10.2. The van der Waals surface area contributed by atoms with Crippen LogP contribution < -0.4 is 5.73 Å². The molecule has 0 saturated carbocycles. The summed E-state index contributed by atoms with van der Waals surface area (Å²) in [4.78, 5) is 4.92. The van der Waals surface area contributed by atoms with Crippen molar-refractivity contribution in [2.45, 2.75) is 32.4 Å². The summed E-state index contributed by atoms with van der Waals surface area (Å²) in [5.41, 5.74) is 5.80. The Hall–Kier alpha value is -0.120. The zero-order valence-corrected chi connectivity index (χ0v) is 9.16. The number of likely N-dealkylation sites (N-methyl/N-ethyl adjacent to an activating group) is 1. The summed E-state index contributed by atoms with van der Waals surface area (Å²) in [5, 5.41) is 0. The van der Waals surface area contributed by atoms with E-state index in [1.165, 1.54) is 19.5 Å². The summed E-state index contributed by atoms with van der Waals surface area (Å²) < 4.78 is 0. The molecule has 2 atom stereocenters. The van der Waals surface area contributed by atoms with E-state index in [9.17, 15) is 0 Å². The Labute approximate surface area is 81.9 Å². The van der Waals surface area contributed by atoms with Crippen molar-refractivity contribution >= 4 is 0 Å². The van der Waals surface area contributed by atoms with Gasteiger partial charge < -0.3 is 15.5 Å². The monoisotopic (exact) mass is 185 g/mol. The van der Waals surface area contributed by atoms with Crippen LogP contribution >= 0.6 is 0 Å². The molecule has 0 radical (unpaired) electrons. The average Bonchev–Trinajstić information content (AvgIpc) is 2.14. The van der Waals surface area contributed by atoms with Crippen LogP contribution in [0.5, 0.6) is 0 Å². The standard InChI is InChI=1S/C10H23N3/c1-9(11)7-13-6-4-5-12(3)10(2)8-13/h9-10H,4-8,11H2,1-3H3. The van der Waals surface area contributed by atoms with Gasteiger partial charge in [0.15, 0.2) is 0 Å². The average molecular weight is 185 g/mol. The first kappa shape index (κ1) is 11.0. The largest absolute Gasteiger partial charge is 0.327 e. The van der Waals surface area contributed by atoms with Crippen LogP contribution in [-0.4, -0.2) is 55.1 Å². The zero-order valence-electron chi connectivity index (χ0n) is 9.16. The first-order valence-corrected chi connectivity index (χ1v) is 5.27. The van der Waals surface area contributed by atoms with E-state index in [1.807, 2.05) is 0 Å². The second-order valence-corrected chi connectivity index (χ2v) is 4.42. The molecule has 0 aromatic carbocycles. The lowest BCUT2D eigenvalue weighted by Crippen LogP contribution is -2.41. The predicted molar refractivity (Wildman–Crippen MR) is 56.8 cm³/mol. The van der Waals surface area contributed by atoms with Gasteiger partial charge in [-0.05, 0) is 40.4 Å². The van der Waals surface area contributed by atoms with Crippen molar-refractivity contribution < 1.29 is 0 Å². The Morgan fingerprint density at radius 2 is 2.15 bits per heavy atom. The molecule has 2 N–H and O–H groups in total. The molecule has 0 spiro atoms. The van der Waals surface area contributed by atoms with E-state index >= 15 is 0 Å². The lowest BCUT2D eigenvalue weighted by molar-refractivity contribution is 0.215. The molecule has 13 heavy (non-hydrogen) atoms. The zero-order chi connectivity index (χ0) is 9.84. The van der Waals surface area contributed by atoms with Gasteiger partial charge in [0.05, 0.1) is 0 Å². The van der Waals surface area contributed by atoms with Gasteiger partial charge in [-0.1, -0.05) is 0 Å². The van der Waals surface area contributed by atoms with E-state index in [-0.39, 0.29) is 0 Å². The van der Waals surface area contributed by atoms with Crippen LogP contribution in [-0.2, 0) is 0 Å². The van der Waals surface area contributed by atoms with Crippen LogP contribution in [0.25, 0.3) is 0 Å². The number of hydrogen-bond donors (Lipinski definition) is 1. The molecule has 3 heteroatoms. The Morgan fingerprint density at radius 1 is 1.46 bits per heavy atom. The van der Waals surface area contributed by atoms with E-state index in [2.05, 4.69) is 30.7 Å². The molecule has 1 aliphatic rings. The van der Waals surface area contributed by atoms with E-state index in [1.54, 1.807) is 0 Å². The maximum Gasteiger partial charge on any atom is 0.0191 e. The summed E-state index contributed by atoms with van der Waals surface area (Å²) in [7, 11) is 2.21. The highest BCUT2D eigenvalue weighted by Crippen LogP contribution is 2.07. The Bertz CT molecular complexity index is 147. The molecule has 0 amide bonds. The molecule has 78 valence electrons. The van der Waals surface area contributed by atoms with Crippen molar-refractivity contribution in [2.24, 2.45) is 5.73 Å². The van der Waals surface area contributed by atoms with Gasteiger partial charge in [-0.25, -0.2) is 0 Å². The minimum absolute atomic E-state index is 0.301. The van der Waals surface area contributed by atoms with Crippen LogP contribution in [0.2, 0.25) is 0 Å². The molecule has 1 rings (SSSR count). The number of nitrogens with zero attached hydrogens (tertiary/aromatic N) is 2. The fourth-order valence-corrected chi connectivity index (χ4v) is 1.94. The highest BCUT2D eigenvalue weighted by atomic mass is 15.2. The van der Waals surface area contributed by atoms with Crippen molar-refractivity contribution in [1.29, 1.82) is 0 Å². The molecule has 0 aromatic rings. The smallest absolute Gasteiger partial charge is 0.0191 e. The van der Waals surface area contributed by atoms with E-state index < -0.39 is 0 Å². The van der Waals surface area contributed by atoms with Crippen LogP contribution in [0, 0.1) is 0 Å². The van der Waals surface area contributed by atoms with Crippen molar-refractivity contribution in [1.82, 2.24) is 9.80 Å². The van der Waals surface area contributed by atoms with Gasteiger partial charge in [0.1, 0.15) is 0 Å². The van der Waals surface area contributed by atoms with Gasteiger partial charge in [-0.15, -0.1) is 0 Å². The Morgan fingerprint density at radius 3 is 2.77 bits per heavy atom. The Kier molecular flexibility index (Phi) is 4.16. The van der Waals surface area contributed by atoms with Crippen LogP contribution in [0.15, 0.2) is 0 Å². The van der Waals surface area contributed by atoms with Gasteiger partial charge in [0, 0.05) is 25.2 Å². The highest BCUT2D eigenvalue weighted by molar-refractivity contribution is 4.76. The third kappa shape index (κ3) is 3.63. The SMILES string of the molecule is CC(N)CN1CCCN(C)C(C)C1. The molecule has 2 unspecified atom stereocenters. The molecule has 1 saturated heterocycles. The fourth-order valence-electron chi connectivity index (χ4n) is 1.94. The molecular weight excluding hydrogens is 162 g/mol. The number of hydrogen-bond acceptors (Lipinski definition) is 3. The minimum atomic E-state index is 0.301. The van der Waals surface area contributed by atoms with Crippen molar-refractivity contribution in [3.05, 3.63) is 0 Å². The lowest BCUT2D eigenvalue weighted by Gasteiger charge is -2.26. The first-order chi connectivity index (χ1) is 6.09. The Balaban J connectivity index is 2.39. The maximum atomic E-state index is 5.80. The molecule has 0 bridgehead atoms. The predicted octanol–water partition coefficient (Wildman–Crippen LogP) is 0.360. The highest BCUT2D eigenvalue weighted by Gasteiger charge is 2.18. The maximum absolute atomic E-state index is 5.80. The van der Waals surface area contributed by atoms with Gasteiger partial charge in [0.2, 0.25) is 0 Å². The molecule has 1 heterocycles. The molecular formula is C10H23N3. The molecule has 3 nitrogen and oxygen atoms in total. The second-order valence-electron chi connectivity index (χ2n) is 4.42. The van der Waals surface area contributed by atoms with E-state index in [4.69, 9.17) is 5.73 Å². The van der Waals surface area contributed by atoms with Gasteiger partial charge in [0.25, 0.3) is 0 Å². The quantitative estimate of drug-likeness (QED) is 0.674. The molecule has 0 aliphatic carbocycles. The summed E-state index contributed by atoms with van der Waals surface area (Å²) in [5.74, 6) is 0. The van der Waals surface area contributed by atoms with Gasteiger partial charge in [-0.3, -0.25) is 0 Å². The van der Waals surface area contributed by atoms with Crippen molar-refractivity contribution in [3.8, 4) is 0 Å². The summed E-state index contributed by atoms with van der Waals surface area (Å²) >= 11 is 0. The van der Waals surface area contributed by atoms with Crippen LogP contribution in [0.4, 0.5) is 0 Å². The van der Waals surface area contributed by atoms with Crippen molar-refractivity contribution in [2.75, 3.05) is 33.2 Å². The summed E-state index contributed by atoms with van der Waals surface area (Å²) in [6.45, 7) is 9.00. The number of nitrogens with two attached hydrogens (primary N) is 1. The minimum Gasteiger partial charge on any atom is -0.327 e. The van der Waals surface area contributed by atoms with E-state index in [0.29, 0.717) is 12.1 Å². The van der Waals surface area contributed by atoms with E-state index in [0.717, 1.165) is 13.1 Å². The molecule has 1 fully saturated rings. The van der Waals surface area contributed by atoms with Gasteiger partial charge in [-0.2, -0.15) is 0 Å². The second kappa shape index (κ2) is 4.94. The van der Waals surface area contributed by atoms with Crippen LogP contribution in [0.3, 0.4) is 0 Å². The first-order valence-electron chi connectivity index (χ1n) is 5.27. The van der Waals surface area contributed by atoms with Crippen LogP contribution in [0.1, 0.15) is 20.3 Å². The third-order valence-electron chi connectivity index (χ3n) is 2.81. The third-order valence-corrected chi connectivity index (χ3v) is 2.81. The fraction of sp³-hybridized carbons (Fsp3) is 1.00. The summed E-state index contributed by atoms with van der Waals surface area (Å²) in [6.07, 6.45) is 1.27. The summed E-state index contributed by atoms with van der Waals surface area (Å²) in [6, 6.07) is 0.969. The van der Waals surface area contributed by atoms with Crippen molar-refractivity contribution in [3.63, 3.8) is 0 Å². The topological polar surface area (TPSA) is 32.5 Å². The van der Waals surface area contributed by atoms with Gasteiger partial charge >= 0.3 is 0 Å². The molecule has 1 aliphatic heterocycles. The normalized spacial score (nSPS) is 30.0. The number of rotatable bonds is 2.